The topological polar surface area (TPSA) is 24.6 Å². The summed E-state index contributed by atoms with van der Waals surface area (Å²) < 4.78 is 5.41. The Morgan fingerprint density at radius 2 is 2.17 bits per heavy atom. The van der Waals surface area contributed by atoms with Crippen molar-refractivity contribution in [1.82, 2.24) is 5.32 Å². The van der Waals surface area contributed by atoms with Gasteiger partial charge in [0.1, 0.15) is 6.10 Å². The van der Waals surface area contributed by atoms with Crippen LogP contribution in [0.15, 0.2) is 12.2 Å². The number of ether oxygens (including phenoxy) is 1. The quantitative estimate of drug-likeness (QED) is 0.500. The van der Waals surface area contributed by atoms with E-state index in [1.807, 2.05) is 0 Å². The molecule has 1 fully saturated rings. The van der Waals surface area contributed by atoms with Crippen molar-refractivity contribution in [3.63, 3.8) is 0 Å². The highest BCUT2D eigenvalue weighted by Gasteiger charge is 2.39. The molecule has 0 bridgehead atoms. The lowest BCUT2D eigenvalue weighted by molar-refractivity contribution is 0.351. The number of epoxide rings is 1. The Bertz CT molecular complexity index is 156. The van der Waals surface area contributed by atoms with Gasteiger partial charge in [0.05, 0.1) is 12.1 Å². The van der Waals surface area contributed by atoms with Gasteiger partial charge in [-0.25, -0.2) is 0 Å². The van der Waals surface area contributed by atoms with E-state index in [0.29, 0.717) is 18.2 Å². The average molecular weight is 169 g/mol. The summed E-state index contributed by atoms with van der Waals surface area (Å²) in [5, 5.41) is 3.40. The predicted octanol–water partition coefficient (Wildman–Crippen LogP) is 1.72. The lowest BCUT2D eigenvalue weighted by Gasteiger charge is -2.09. The van der Waals surface area contributed by atoms with Gasteiger partial charge in [-0.05, 0) is 19.9 Å². The Kier molecular flexibility index (Phi) is 3.76. The second-order valence-corrected chi connectivity index (χ2v) is 3.23. The van der Waals surface area contributed by atoms with Crippen LogP contribution in [0.2, 0.25) is 0 Å². The van der Waals surface area contributed by atoms with Gasteiger partial charge in [-0.3, -0.25) is 0 Å². The molecule has 1 heterocycles. The molecule has 2 unspecified atom stereocenters. The normalized spacial score (nSPS) is 30.9. The summed E-state index contributed by atoms with van der Waals surface area (Å²) in [5.74, 6) is 0. The number of likely N-dealkylation sites (N-methyl/N-ethyl adjacent to an activating group) is 1. The molecule has 0 aromatic rings. The van der Waals surface area contributed by atoms with Crippen LogP contribution < -0.4 is 5.32 Å². The molecule has 0 aliphatic carbocycles. The van der Waals surface area contributed by atoms with Gasteiger partial charge < -0.3 is 10.1 Å². The van der Waals surface area contributed by atoms with Crippen molar-refractivity contribution in [3.8, 4) is 0 Å². The van der Waals surface area contributed by atoms with Gasteiger partial charge in [-0.15, -0.1) is 0 Å². The van der Waals surface area contributed by atoms with Crippen molar-refractivity contribution >= 4 is 0 Å². The first-order valence-electron chi connectivity index (χ1n) is 4.85. The number of hydrogen-bond acceptors (Lipinski definition) is 2. The van der Waals surface area contributed by atoms with Gasteiger partial charge in [-0.1, -0.05) is 26.0 Å². The standard InChI is InChI=1S/C10H19NO/c1-4-6-7-9(11-5-2)10-8(3)12-10/h6-11H,4-5H2,1-3H3/b7-6+/t8?,9-,10?/m0/s1. The molecular weight excluding hydrogens is 150 g/mol. The van der Waals surface area contributed by atoms with Crippen LogP contribution in [0, 0.1) is 0 Å². The lowest BCUT2D eigenvalue weighted by atomic mass is 10.1. The summed E-state index contributed by atoms with van der Waals surface area (Å²) in [6.07, 6.45) is 6.37. The molecule has 3 atom stereocenters. The van der Waals surface area contributed by atoms with Gasteiger partial charge in [-0.2, -0.15) is 0 Å². The minimum atomic E-state index is 0.410. The van der Waals surface area contributed by atoms with Gasteiger partial charge in [0.2, 0.25) is 0 Å². The molecule has 0 spiro atoms. The fourth-order valence-electron chi connectivity index (χ4n) is 1.39. The summed E-state index contributed by atoms with van der Waals surface area (Å²) in [5.41, 5.74) is 0. The second-order valence-electron chi connectivity index (χ2n) is 3.23. The van der Waals surface area contributed by atoms with Crippen LogP contribution >= 0.6 is 0 Å². The third-order valence-corrected chi connectivity index (χ3v) is 2.13. The van der Waals surface area contributed by atoms with Crippen molar-refractivity contribution in [2.45, 2.75) is 45.4 Å². The van der Waals surface area contributed by atoms with E-state index in [0.717, 1.165) is 13.0 Å². The minimum Gasteiger partial charge on any atom is -0.368 e. The molecule has 2 nitrogen and oxygen atoms in total. The van der Waals surface area contributed by atoms with Crippen LogP contribution in [-0.4, -0.2) is 24.8 Å². The van der Waals surface area contributed by atoms with Crippen LogP contribution in [0.3, 0.4) is 0 Å². The maximum absolute atomic E-state index is 5.41. The molecule has 1 rings (SSSR count). The molecule has 12 heavy (non-hydrogen) atoms. The van der Waals surface area contributed by atoms with Gasteiger partial charge in [0, 0.05) is 0 Å². The van der Waals surface area contributed by atoms with Gasteiger partial charge in [0.25, 0.3) is 0 Å². The highest BCUT2D eigenvalue weighted by atomic mass is 16.6. The first-order chi connectivity index (χ1) is 5.79. The molecule has 70 valence electrons. The molecule has 0 aromatic heterocycles. The average Bonchev–Trinajstić information content (AvgIpc) is 2.76. The first-order valence-corrected chi connectivity index (χ1v) is 4.85. The largest absolute Gasteiger partial charge is 0.368 e. The zero-order valence-corrected chi connectivity index (χ0v) is 8.21. The molecule has 0 saturated carbocycles. The summed E-state index contributed by atoms with van der Waals surface area (Å²) in [7, 11) is 0. The van der Waals surface area contributed by atoms with Crippen LogP contribution in [0.1, 0.15) is 27.2 Å². The Morgan fingerprint density at radius 1 is 1.50 bits per heavy atom. The summed E-state index contributed by atoms with van der Waals surface area (Å²) in [4.78, 5) is 0. The zero-order chi connectivity index (χ0) is 8.97. The highest BCUT2D eigenvalue weighted by Crippen LogP contribution is 2.25. The molecule has 2 heteroatoms. The van der Waals surface area contributed by atoms with E-state index in [1.54, 1.807) is 0 Å². The van der Waals surface area contributed by atoms with E-state index >= 15 is 0 Å². The highest BCUT2D eigenvalue weighted by molar-refractivity contribution is 5.04. The molecule has 1 aliphatic heterocycles. The molecule has 1 saturated heterocycles. The summed E-state index contributed by atoms with van der Waals surface area (Å²) in [6.45, 7) is 7.40. The summed E-state index contributed by atoms with van der Waals surface area (Å²) >= 11 is 0. The van der Waals surface area contributed by atoms with Crippen molar-refractivity contribution in [3.05, 3.63) is 12.2 Å². The van der Waals surface area contributed by atoms with Crippen LogP contribution in [0.25, 0.3) is 0 Å². The monoisotopic (exact) mass is 169 g/mol. The smallest absolute Gasteiger partial charge is 0.103 e. The molecule has 1 N–H and O–H groups in total. The maximum atomic E-state index is 5.41. The Balaban J connectivity index is 2.33. The van der Waals surface area contributed by atoms with Crippen molar-refractivity contribution in [1.29, 1.82) is 0 Å². The maximum Gasteiger partial charge on any atom is 0.103 e. The number of allylic oxidation sites excluding steroid dienone is 1. The SMILES string of the molecule is CC/C=C/[C@H](NCC)C1OC1C. The molecule has 0 amide bonds. The summed E-state index contributed by atoms with van der Waals surface area (Å²) in [6, 6.07) is 0.421. The van der Waals surface area contributed by atoms with Crippen molar-refractivity contribution < 1.29 is 4.74 Å². The second kappa shape index (κ2) is 4.63. The molecular formula is C10H19NO. The van der Waals surface area contributed by atoms with Crippen LogP contribution in [0.5, 0.6) is 0 Å². The fourth-order valence-corrected chi connectivity index (χ4v) is 1.39. The molecule has 0 radical (unpaired) electrons. The molecule has 0 aromatic carbocycles. The van der Waals surface area contributed by atoms with Crippen molar-refractivity contribution in [2.75, 3.05) is 6.54 Å². The van der Waals surface area contributed by atoms with Crippen molar-refractivity contribution in [2.24, 2.45) is 0 Å². The number of rotatable bonds is 5. The predicted molar refractivity (Wildman–Crippen MR) is 51.2 cm³/mol. The Labute approximate surface area is 75.0 Å². The Morgan fingerprint density at radius 3 is 2.58 bits per heavy atom. The van der Waals surface area contributed by atoms with E-state index < -0.39 is 0 Å². The van der Waals surface area contributed by atoms with Crippen LogP contribution in [-0.2, 0) is 4.74 Å². The van der Waals surface area contributed by atoms with E-state index in [4.69, 9.17) is 4.74 Å². The zero-order valence-electron chi connectivity index (χ0n) is 8.21. The fraction of sp³-hybridized carbons (Fsp3) is 0.800. The number of nitrogens with one attached hydrogen (secondary N) is 1. The third-order valence-electron chi connectivity index (χ3n) is 2.13. The van der Waals surface area contributed by atoms with E-state index in [9.17, 15) is 0 Å². The van der Waals surface area contributed by atoms with Gasteiger partial charge >= 0.3 is 0 Å². The minimum absolute atomic E-state index is 0.410. The molecule has 1 aliphatic rings. The van der Waals surface area contributed by atoms with E-state index in [2.05, 4.69) is 38.2 Å². The van der Waals surface area contributed by atoms with E-state index in [1.165, 1.54) is 0 Å². The van der Waals surface area contributed by atoms with E-state index in [-0.39, 0.29) is 0 Å². The van der Waals surface area contributed by atoms with Gasteiger partial charge in [0.15, 0.2) is 0 Å². The van der Waals surface area contributed by atoms with Crippen LogP contribution in [0.4, 0.5) is 0 Å². The third kappa shape index (κ3) is 2.61. The number of hydrogen-bond donors (Lipinski definition) is 1. The Hall–Kier alpha value is -0.340. The first kappa shape index (κ1) is 9.75. The lowest BCUT2D eigenvalue weighted by Crippen LogP contribution is -2.32.